The number of carbonyl (C=O) groups is 1. The van der Waals surface area contributed by atoms with Gasteiger partial charge in [0.2, 0.25) is 0 Å². The van der Waals surface area contributed by atoms with Crippen molar-refractivity contribution in [3.8, 4) is 15.6 Å². The van der Waals surface area contributed by atoms with Gasteiger partial charge in [-0.1, -0.05) is 23.8 Å². The van der Waals surface area contributed by atoms with Crippen LogP contribution in [0.1, 0.15) is 20.9 Å². The summed E-state index contributed by atoms with van der Waals surface area (Å²) in [5.74, 6) is 0.712. The molecule has 0 fully saturated rings. The molecular weight excluding hydrogens is 340 g/mol. The van der Waals surface area contributed by atoms with Gasteiger partial charge in [0.05, 0.1) is 17.1 Å². The third-order valence-corrected chi connectivity index (χ3v) is 5.61. The first-order chi connectivity index (χ1) is 11.6. The maximum Gasteiger partial charge on any atom is 0.263 e. The number of hydrogen-bond acceptors (Lipinski definition) is 5. The van der Waals surface area contributed by atoms with Gasteiger partial charge in [-0.2, -0.15) is 0 Å². The molecule has 124 valence electrons. The number of aromatic nitrogens is 1. The van der Waals surface area contributed by atoms with Crippen molar-refractivity contribution in [3.05, 3.63) is 57.9 Å². The highest BCUT2D eigenvalue weighted by molar-refractivity contribution is 7.22. The number of nitrogens with one attached hydrogen (secondary N) is 1. The van der Waals surface area contributed by atoms with Crippen LogP contribution in [0.2, 0.25) is 0 Å². The van der Waals surface area contributed by atoms with Gasteiger partial charge in [-0.05, 0) is 37.4 Å². The van der Waals surface area contributed by atoms with Gasteiger partial charge in [0.1, 0.15) is 22.2 Å². The van der Waals surface area contributed by atoms with Crippen molar-refractivity contribution in [2.75, 3.05) is 13.2 Å². The second-order valence-corrected chi connectivity index (χ2v) is 7.28. The van der Waals surface area contributed by atoms with Gasteiger partial charge in [0, 0.05) is 0 Å². The van der Waals surface area contributed by atoms with E-state index in [9.17, 15) is 4.79 Å². The number of ether oxygens (including phenoxy) is 1. The molecule has 4 nitrogen and oxygen atoms in total. The molecule has 0 unspecified atom stereocenters. The minimum atomic E-state index is -0.0969. The summed E-state index contributed by atoms with van der Waals surface area (Å²) in [6, 6.07) is 11.9. The van der Waals surface area contributed by atoms with Crippen molar-refractivity contribution in [3.63, 3.8) is 0 Å². The van der Waals surface area contributed by atoms with Crippen LogP contribution in [0.15, 0.2) is 41.8 Å². The second-order valence-electron chi connectivity index (χ2n) is 5.33. The number of hydrogen-bond donors (Lipinski definition) is 1. The van der Waals surface area contributed by atoms with Gasteiger partial charge in [-0.15, -0.1) is 22.7 Å². The Balaban J connectivity index is 1.53. The molecule has 1 aromatic carbocycles. The number of nitrogens with zero attached hydrogens (tertiary/aromatic N) is 1. The zero-order valence-corrected chi connectivity index (χ0v) is 15.2. The average molecular weight is 358 g/mol. The number of thiophene rings is 1. The lowest BCUT2D eigenvalue weighted by atomic mass is 10.2. The Morgan fingerprint density at radius 2 is 2.00 bits per heavy atom. The number of carbonyl (C=O) groups excluding carboxylic acids is 1. The van der Waals surface area contributed by atoms with E-state index in [0.717, 1.165) is 21.3 Å². The highest BCUT2D eigenvalue weighted by Gasteiger charge is 2.16. The van der Waals surface area contributed by atoms with Crippen molar-refractivity contribution < 1.29 is 9.53 Å². The fourth-order valence-corrected chi connectivity index (χ4v) is 3.94. The van der Waals surface area contributed by atoms with Gasteiger partial charge >= 0.3 is 0 Å². The zero-order valence-electron chi connectivity index (χ0n) is 13.5. The molecule has 3 aromatic rings. The molecule has 0 aliphatic carbocycles. The highest BCUT2D eigenvalue weighted by Crippen LogP contribution is 2.30. The summed E-state index contributed by atoms with van der Waals surface area (Å²) in [6.45, 7) is 4.79. The maximum absolute atomic E-state index is 12.3. The fraction of sp³-hybridized carbons (Fsp3) is 0.222. The van der Waals surface area contributed by atoms with E-state index in [1.807, 2.05) is 55.6 Å². The van der Waals surface area contributed by atoms with Gasteiger partial charge in [-0.3, -0.25) is 4.79 Å². The standard InChI is InChI=1S/C18H18N2O2S2/c1-12-5-7-14(8-6-12)22-10-9-19-17(21)16-13(2)20-18(24-16)15-4-3-11-23-15/h3-8,11H,9-10H2,1-2H3,(H,19,21). The van der Waals surface area contributed by atoms with E-state index in [1.54, 1.807) is 11.3 Å². The Morgan fingerprint density at radius 3 is 2.71 bits per heavy atom. The Morgan fingerprint density at radius 1 is 1.21 bits per heavy atom. The Labute approximate surface area is 149 Å². The number of amides is 1. The van der Waals surface area contributed by atoms with Crippen LogP contribution in [-0.2, 0) is 0 Å². The van der Waals surface area contributed by atoms with E-state index < -0.39 is 0 Å². The molecule has 0 saturated carbocycles. The van der Waals surface area contributed by atoms with E-state index in [0.29, 0.717) is 18.0 Å². The predicted octanol–water partition coefficient (Wildman–Crippen LogP) is 4.30. The van der Waals surface area contributed by atoms with E-state index in [1.165, 1.54) is 16.9 Å². The van der Waals surface area contributed by atoms with E-state index in [4.69, 9.17) is 4.74 Å². The van der Waals surface area contributed by atoms with Gasteiger partial charge in [0.25, 0.3) is 5.91 Å². The third kappa shape index (κ3) is 4.01. The molecule has 1 amide bonds. The van der Waals surface area contributed by atoms with Gasteiger partial charge in [0.15, 0.2) is 0 Å². The molecule has 0 aliphatic heterocycles. The Kier molecular flexibility index (Phi) is 5.27. The van der Waals surface area contributed by atoms with Gasteiger partial charge < -0.3 is 10.1 Å². The van der Waals surface area contributed by atoms with Crippen LogP contribution in [-0.4, -0.2) is 24.0 Å². The molecule has 24 heavy (non-hydrogen) atoms. The molecule has 3 rings (SSSR count). The molecule has 0 spiro atoms. The smallest absolute Gasteiger partial charge is 0.263 e. The van der Waals surface area contributed by atoms with E-state index in [2.05, 4.69) is 10.3 Å². The van der Waals surface area contributed by atoms with E-state index in [-0.39, 0.29) is 5.91 Å². The molecule has 0 radical (unpaired) electrons. The summed E-state index contributed by atoms with van der Waals surface area (Å²) in [5, 5.41) is 5.79. The lowest BCUT2D eigenvalue weighted by molar-refractivity contribution is 0.0950. The molecule has 2 aromatic heterocycles. The van der Waals surface area contributed by atoms with Gasteiger partial charge in [-0.25, -0.2) is 4.98 Å². The molecular formula is C18H18N2O2S2. The minimum absolute atomic E-state index is 0.0969. The van der Waals surface area contributed by atoms with Crippen molar-refractivity contribution in [1.82, 2.24) is 10.3 Å². The Bertz CT molecular complexity index is 808. The zero-order chi connectivity index (χ0) is 16.9. The van der Waals surface area contributed by atoms with Crippen molar-refractivity contribution in [2.24, 2.45) is 0 Å². The fourth-order valence-electron chi connectivity index (χ4n) is 2.16. The summed E-state index contributed by atoms with van der Waals surface area (Å²) in [5.41, 5.74) is 1.96. The second kappa shape index (κ2) is 7.59. The molecule has 6 heteroatoms. The molecule has 0 atom stereocenters. The molecule has 2 heterocycles. The first kappa shape index (κ1) is 16.7. The van der Waals surface area contributed by atoms with Crippen LogP contribution in [0.4, 0.5) is 0 Å². The largest absolute Gasteiger partial charge is 0.492 e. The summed E-state index contributed by atoms with van der Waals surface area (Å²) >= 11 is 3.05. The van der Waals surface area contributed by atoms with Crippen molar-refractivity contribution in [1.29, 1.82) is 0 Å². The lowest BCUT2D eigenvalue weighted by Gasteiger charge is -2.07. The average Bonchev–Trinajstić information content (AvgIpc) is 3.22. The lowest BCUT2D eigenvalue weighted by Crippen LogP contribution is -2.27. The topological polar surface area (TPSA) is 51.2 Å². The molecule has 1 N–H and O–H groups in total. The highest BCUT2D eigenvalue weighted by atomic mass is 32.1. The SMILES string of the molecule is Cc1ccc(OCCNC(=O)c2sc(-c3cccs3)nc2C)cc1. The van der Waals surface area contributed by atoms with Crippen LogP contribution in [0.3, 0.4) is 0 Å². The van der Waals surface area contributed by atoms with Crippen LogP contribution < -0.4 is 10.1 Å². The minimum Gasteiger partial charge on any atom is -0.492 e. The molecule has 0 aliphatic rings. The monoisotopic (exact) mass is 358 g/mol. The first-order valence-electron chi connectivity index (χ1n) is 7.62. The number of aryl methyl sites for hydroxylation is 2. The van der Waals surface area contributed by atoms with Crippen LogP contribution >= 0.6 is 22.7 Å². The molecule has 0 bridgehead atoms. The normalized spacial score (nSPS) is 10.6. The maximum atomic E-state index is 12.3. The number of rotatable bonds is 6. The van der Waals surface area contributed by atoms with E-state index >= 15 is 0 Å². The number of benzene rings is 1. The summed E-state index contributed by atoms with van der Waals surface area (Å²) in [4.78, 5) is 18.6. The quantitative estimate of drug-likeness (QED) is 0.669. The van der Waals surface area contributed by atoms with Crippen molar-refractivity contribution in [2.45, 2.75) is 13.8 Å². The predicted molar refractivity (Wildman–Crippen MR) is 99.2 cm³/mol. The Hall–Kier alpha value is -2.18. The van der Waals surface area contributed by atoms with Crippen LogP contribution in [0.25, 0.3) is 9.88 Å². The summed E-state index contributed by atoms with van der Waals surface area (Å²) in [7, 11) is 0. The van der Waals surface area contributed by atoms with Crippen LogP contribution in [0.5, 0.6) is 5.75 Å². The number of thiazole rings is 1. The molecule has 0 saturated heterocycles. The van der Waals surface area contributed by atoms with Crippen molar-refractivity contribution >= 4 is 28.6 Å². The third-order valence-electron chi connectivity index (χ3n) is 3.41. The first-order valence-corrected chi connectivity index (χ1v) is 9.32. The van der Waals surface area contributed by atoms with Crippen LogP contribution in [0, 0.1) is 13.8 Å². The summed E-state index contributed by atoms with van der Waals surface area (Å²) in [6.07, 6.45) is 0. The summed E-state index contributed by atoms with van der Waals surface area (Å²) < 4.78 is 5.62.